The van der Waals surface area contributed by atoms with Crippen molar-refractivity contribution in [3.63, 3.8) is 0 Å². The van der Waals surface area contributed by atoms with Crippen molar-refractivity contribution in [3.8, 4) is 17.1 Å². The van der Waals surface area contributed by atoms with Crippen LogP contribution in [0.3, 0.4) is 0 Å². The number of hydroxylamine groups is 2. The van der Waals surface area contributed by atoms with Crippen LogP contribution in [-0.4, -0.2) is 93.8 Å². The van der Waals surface area contributed by atoms with Gasteiger partial charge in [0.1, 0.15) is 17.6 Å². The molecule has 3 rings (SSSR count). The molecule has 300 valence electrons. The number of carboxylic acids is 3. The van der Waals surface area contributed by atoms with E-state index in [0.29, 0.717) is 19.3 Å². The summed E-state index contributed by atoms with van der Waals surface area (Å²) in [6.07, 6.45) is 2.24. The Morgan fingerprint density at radius 2 is 1.62 bits per heavy atom. The van der Waals surface area contributed by atoms with Gasteiger partial charge in [-0.1, -0.05) is 51.3 Å². The molecular weight excluding hydrogens is 738 g/mol. The zero-order valence-electron chi connectivity index (χ0n) is 30.5. The number of ether oxygens (including phenoxy) is 1. The van der Waals surface area contributed by atoms with Crippen molar-refractivity contribution in [1.29, 1.82) is 0 Å². The number of carbonyl (C=O) groups is 8. The van der Waals surface area contributed by atoms with E-state index >= 15 is 0 Å². The maximum absolute atomic E-state index is 13.5. The molecule has 0 fully saturated rings. The van der Waals surface area contributed by atoms with Gasteiger partial charge in [-0.2, -0.15) is 5.06 Å². The van der Waals surface area contributed by atoms with Gasteiger partial charge in [0.25, 0.3) is 11.8 Å². The second kappa shape index (κ2) is 21.1. The highest BCUT2D eigenvalue weighted by molar-refractivity contribution is 6.00. The number of amides is 4. The molecule has 1 heterocycles. The summed E-state index contributed by atoms with van der Waals surface area (Å²) in [5, 5.41) is 35.4. The third-order valence-electron chi connectivity index (χ3n) is 8.32. The van der Waals surface area contributed by atoms with E-state index in [1.807, 2.05) is 6.92 Å². The van der Waals surface area contributed by atoms with E-state index in [0.717, 1.165) is 17.9 Å². The van der Waals surface area contributed by atoms with E-state index < -0.39 is 72.6 Å². The average Bonchev–Trinajstić information content (AvgIpc) is 3.66. The molecule has 8 N–H and O–H groups in total. The van der Waals surface area contributed by atoms with E-state index in [1.54, 1.807) is 19.1 Å². The van der Waals surface area contributed by atoms with Crippen molar-refractivity contribution >= 4 is 53.7 Å². The number of nitrogens with zero attached hydrogens (tertiary/aromatic N) is 1. The van der Waals surface area contributed by atoms with Crippen molar-refractivity contribution in [3.05, 3.63) is 71.5 Å². The summed E-state index contributed by atoms with van der Waals surface area (Å²) in [7, 11) is 0. The molecule has 19 heteroatoms. The number of carboxylic acid groups (broad SMARTS) is 3. The lowest BCUT2D eigenvalue weighted by atomic mass is 9.90. The number of aliphatic carboxylic acids is 3. The highest BCUT2D eigenvalue weighted by Crippen LogP contribution is 2.29. The number of carbonyl (C=O) groups excluding carboxylic acids is 5. The number of nitrogens with two attached hydrogens (primary N) is 1. The third kappa shape index (κ3) is 12.3. The van der Waals surface area contributed by atoms with Gasteiger partial charge >= 0.3 is 23.9 Å². The SMILES string of the molecule is CCCCC[C@@H](C(=O)NCNC(=O)c1ccc(-c2ccc(C(=O)N[C@@H](CC(=O)O)C(=O)O)c(OCC(=O)O)c2)o1)[C@@H](CC)N(C=O)OC(=O)c1ccccc1N. The Kier molecular flexibility index (Phi) is 16.4. The number of nitrogen functional groups attached to an aromatic ring is 1. The van der Waals surface area contributed by atoms with Crippen molar-refractivity contribution in [2.24, 2.45) is 5.92 Å². The van der Waals surface area contributed by atoms with Crippen molar-refractivity contribution < 1.29 is 67.7 Å². The molecule has 2 aromatic carbocycles. The fourth-order valence-corrected chi connectivity index (χ4v) is 5.53. The third-order valence-corrected chi connectivity index (χ3v) is 8.32. The minimum atomic E-state index is -1.79. The smallest absolute Gasteiger partial charge is 0.365 e. The van der Waals surface area contributed by atoms with Crippen molar-refractivity contribution in [2.45, 2.75) is 64.5 Å². The zero-order chi connectivity index (χ0) is 41.4. The van der Waals surface area contributed by atoms with Crippen LogP contribution in [0.2, 0.25) is 0 Å². The maximum Gasteiger partial charge on any atom is 0.365 e. The first-order chi connectivity index (χ1) is 26.7. The lowest BCUT2D eigenvalue weighted by Gasteiger charge is -2.31. The molecule has 0 unspecified atom stereocenters. The molecule has 3 atom stereocenters. The molecule has 0 saturated carbocycles. The van der Waals surface area contributed by atoms with Gasteiger partial charge in [-0.3, -0.25) is 24.0 Å². The molecule has 0 bridgehead atoms. The quantitative estimate of drug-likeness (QED) is 0.0239. The zero-order valence-corrected chi connectivity index (χ0v) is 30.5. The summed E-state index contributed by atoms with van der Waals surface area (Å²) >= 11 is 0. The minimum Gasteiger partial charge on any atom is -0.481 e. The molecule has 3 aromatic rings. The number of hydrogen-bond acceptors (Lipinski definition) is 12. The molecule has 19 nitrogen and oxygen atoms in total. The number of nitrogens with one attached hydrogen (secondary N) is 3. The predicted octanol–water partition coefficient (Wildman–Crippen LogP) is 2.66. The highest BCUT2D eigenvalue weighted by atomic mass is 16.7. The van der Waals surface area contributed by atoms with E-state index in [1.165, 1.54) is 42.5 Å². The number of furan rings is 1. The summed E-state index contributed by atoms with van der Waals surface area (Å²) in [6.45, 7) is 2.46. The van der Waals surface area contributed by atoms with Crippen LogP contribution in [0.25, 0.3) is 11.3 Å². The van der Waals surface area contributed by atoms with Gasteiger partial charge in [0.05, 0.1) is 36.2 Å². The van der Waals surface area contributed by atoms with Crippen LogP contribution < -0.4 is 26.4 Å². The molecule has 0 spiro atoms. The number of unbranched alkanes of at least 4 members (excludes halogenated alkanes) is 2. The Labute approximate surface area is 320 Å². The van der Waals surface area contributed by atoms with E-state index in [9.17, 15) is 43.5 Å². The number of para-hydroxylation sites is 1. The Morgan fingerprint density at radius 3 is 2.25 bits per heavy atom. The molecule has 4 amide bonds. The van der Waals surface area contributed by atoms with E-state index in [4.69, 9.17) is 29.9 Å². The van der Waals surface area contributed by atoms with Crippen LogP contribution in [-0.2, 0) is 28.8 Å². The number of rotatable bonds is 23. The second-order valence-electron chi connectivity index (χ2n) is 12.3. The summed E-state index contributed by atoms with van der Waals surface area (Å²) < 4.78 is 10.9. The molecule has 0 radical (unpaired) electrons. The minimum absolute atomic E-state index is 0.0435. The Hall–Kier alpha value is -6.92. The Balaban J connectivity index is 1.73. The van der Waals surface area contributed by atoms with Crippen molar-refractivity contribution in [2.75, 3.05) is 19.0 Å². The van der Waals surface area contributed by atoms with Gasteiger partial charge in [0.2, 0.25) is 12.3 Å². The van der Waals surface area contributed by atoms with Crippen LogP contribution >= 0.6 is 0 Å². The van der Waals surface area contributed by atoms with Crippen LogP contribution in [0, 0.1) is 5.92 Å². The van der Waals surface area contributed by atoms with Crippen LogP contribution in [0.4, 0.5) is 5.69 Å². The average molecular weight is 782 g/mol. The normalized spacial score (nSPS) is 12.2. The number of hydrogen-bond donors (Lipinski definition) is 7. The summed E-state index contributed by atoms with van der Waals surface area (Å²) in [6, 6.07) is 9.94. The highest BCUT2D eigenvalue weighted by Gasteiger charge is 2.34. The molecule has 0 saturated heterocycles. The van der Waals surface area contributed by atoms with Gasteiger partial charge in [-0.05, 0) is 49.2 Å². The monoisotopic (exact) mass is 781 g/mol. The molecular formula is C37H43N5O14. The first-order valence-electron chi connectivity index (χ1n) is 17.4. The molecule has 1 aromatic heterocycles. The topological polar surface area (TPSA) is 294 Å². The summed E-state index contributed by atoms with van der Waals surface area (Å²) in [5.41, 5.74) is 5.98. The first-order valence-corrected chi connectivity index (χ1v) is 17.4. The number of benzene rings is 2. The van der Waals surface area contributed by atoms with Gasteiger partial charge in [-0.15, -0.1) is 0 Å². The van der Waals surface area contributed by atoms with Crippen LogP contribution in [0.1, 0.15) is 83.6 Å². The van der Waals surface area contributed by atoms with Gasteiger partial charge in [-0.25, -0.2) is 14.4 Å². The predicted molar refractivity (Wildman–Crippen MR) is 195 cm³/mol. The lowest BCUT2D eigenvalue weighted by Crippen LogP contribution is -2.49. The molecule has 0 aliphatic heterocycles. The van der Waals surface area contributed by atoms with E-state index in [-0.39, 0.29) is 52.7 Å². The van der Waals surface area contributed by atoms with Crippen LogP contribution in [0.15, 0.2) is 59.0 Å². The maximum atomic E-state index is 13.5. The van der Waals surface area contributed by atoms with Gasteiger partial charge < -0.3 is 51.0 Å². The largest absolute Gasteiger partial charge is 0.481 e. The molecule has 0 aliphatic rings. The Bertz CT molecular complexity index is 1910. The van der Waals surface area contributed by atoms with Gasteiger partial charge in [0.15, 0.2) is 12.4 Å². The fraction of sp³-hybridized carbons (Fsp3) is 0.351. The lowest BCUT2D eigenvalue weighted by molar-refractivity contribution is -0.171. The van der Waals surface area contributed by atoms with E-state index in [2.05, 4.69) is 16.0 Å². The number of anilines is 1. The second-order valence-corrected chi connectivity index (χ2v) is 12.3. The Morgan fingerprint density at radius 1 is 0.893 bits per heavy atom. The van der Waals surface area contributed by atoms with Crippen molar-refractivity contribution in [1.82, 2.24) is 21.0 Å². The molecule has 56 heavy (non-hydrogen) atoms. The van der Waals surface area contributed by atoms with Gasteiger partial charge in [0, 0.05) is 11.3 Å². The first kappa shape index (κ1) is 43.5. The summed E-state index contributed by atoms with van der Waals surface area (Å²) in [5.74, 6) is -8.95. The summed E-state index contributed by atoms with van der Waals surface area (Å²) in [4.78, 5) is 103. The standard InChI is InChI=1S/C37H43N5O14/c1-3-5-6-10-23(27(4-2)42(20-43)56-37(53)22-9-7-8-11-25(22)38)33(48)39-19-40-35(50)29-15-14-28(55-29)21-12-13-24(30(16-21)54-18-32(46)47)34(49)41-26(36(51)52)17-31(44)45/h7-9,11-16,20,23,26-27H,3-6,10,17-19,38H2,1-2H3,(H,39,48)(H,40,50)(H,41,49)(H,44,45)(H,46,47)(H,51,52)/t23-,26+,27-/m1/s1. The molecule has 0 aliphatic carbocycles. The van der Waals surface area contributed by atoms with Crippen LogP contribution in [0.5, 0.6) is 5.75 Å². The fourth-order valence-electron chi connectivity index (χ4n) is 5.53.